The van der Waals surface area contributed by atoms with Crippen molar-refractivity contribution in [3.05, 3.63) is 17.8 Å². The molecular weight excluding hydrogens is 246 g/mol. The number of rotatable bonds is 5. The zero-order valence-corrected chi connectivity index (χ0v) is 11.1. The van der Waals surface area contributed by atoms with E-state index in [0.717, 1.165) is 44.8 Å². The maximum atomic E-state index is 10.7. The van der Waals surface area contributed by atoms with Crippen LogP contribution in [0.3, 0.4) is 0 Å². The molecule has 1 aliphatic heterocycles. The van der Waals surface area contributed by atoms with E-state index in [4.69, 9.17) is 9.84 Å². The van der Waals surface area contributed by atoms with E-state index in [2.05, 4.69) is 22.0 Å². The highest BCUT2D eigenvalue weighted by molar-refractivity contribution is 5.85. The molecule has 0 radical (unpaired) electrons. The maximum Gasteiger partial charge on any atom is 0.356 e. The van der Waals surface area contributed by atoms with Crippen LogP contribution in [0.15, 0.2) is 12.1 Å². The molecule has 1 unspecified atom stereocenters. The molecule has 104 valence electrons. The van der Waals surface area contributed by atoms with Crippen molar-refractivity contribution in [1.29, 1.82) is 0 Å². The summed E-state index contributed by atoms with van der Waals surface area (Å²) in [5.74, 6) is -0.336. The first-order valence-corrected chi connectivity index (χ1v) is 6.64. The highest BCUT2D eigenvalue weighted by Crippen LogP contribution is 2.19. The molecule has 19 heavy (non-hydrogen) atoms. The first-order chi connectivity index (χ1) is 9.20. The van der Waals surface area contributed by atoms with Crippen molar-refractivity contribution in [2.75, 3.05) is 24.6 Å². The fourth-order valence-corrected chi connectivity index (χ4v) is 2.17. The van der Waals surface area contributed by atoms with Crippen molar-refractivity contribution >= 4 is 11.8 Å². The number of aromatic carboxylic acids is 1. The van der Waals surface area contributed by atoms with Crippen LogP contribution in [-0.2, 0) is 4.74 Å². The Morgan fingerprint density at radius 2 is 2.37 bits per heavy atom. The molecule has 1 saturated heterocycles. The van der Waals surface area contributed by atoms with Crippen LogP contribution in [0.25, 0.3) is 0 Å². The Morgan fingerprint density at radius 3 is 3.00 bits per heavy atom. The average Bonchev–Trinajstić information content (AvgIpc) is 2.45. The number of carbonyl (C=O) groups is 1. The van der Waals surface area contributed by atoms with E-state index in [0.29, 0.717) is 0 Å². The van der Waals surface area contributed by atoms with Gasteiger partial charge in [-0.15, -0.1) is 10.2 Å². The molecule has 0 amide bonds. The third-order valence-electron chi connectivity index (χ3n) is 3.13. The molecule has 6 heteroatoms. The van der Waals surface area contributed by atoms with Crippen LogP contribution in [0, 0.1) is 0 Å². The Bertz CT molecular complexity index is 422. The summed E-state index contributed by atoms with van der Waals surface area (Å²) >= 11 is 0. The number of aromatic nitrogens is 2. The Morgan fingerprint density at radius 1 is 1.53 bits per heavy atom. The molecule has 1 aromatic rings. The van der Waals surface area contributed by atoms with Gasteiger partial charge in [-0.05, 0) is 31.4 Å². The van der Waals surface area contributed by atoms with Gasteiger partial charge in [0.1, 0.15) is 0 Å². The number of hydrogen-bond donors (Lipinski definition) is 1. The number of anilines is 1. The van der Waals surface area contributed by atoms with Gasteiger partial charge in [-0.3, -0.25) is 0 Å². The maximum absolute atomic E-state index is 10.7. The molecule has 1 aliphatic rings. The summed E-state index contributed by atoms with van der Waals surface area (Å²) < 4.78 is 5.76. The van der Waals surface area contributed by atoms with Gasteiger partial charge in [-0.1, -0.05) is 6.92 Å². The van der Waals surface area contributed by atoms with Crippen molar-refractivity contribution in [3.63, 3.8) is 0 Å². The topological polar surface area (TPSA) is 75.5 Å². The summed E-state index contributed by atoms with van der Waals surface area (Å²) in [6.45, 7) is 4.58. The lowest BCUT2D eigenvalue weighted by atomic mass is 10.1. The molecule has 6 nitrogen and oxygen atoms in total. The fraction of sp³-hybridized carbons (Fsp3) is 0.615. The second kappa shape index (κ2) is 6.47. The number of hydrogen-bond acceptors (Lipinski definition) is 5. The molecule has 1 fully saturated rings. The van der Waals surface area contributed by atoms with E-state index < -0.39 is 5.97 Å². The van der Waals surface area contributed by atoms with Gasteiger partial charge in [0, 0.05) is 19.7 Å². The van der Waals surface area contributed by atoms with Crippen LogP contribution in [-0.4, -0.2) is 47.1 Å². The van der Waals surface area contributed by atoms with Crippen LogP contribution in [0.2, 0.25) is 0 Å². The summed E-state index contributed by atoms with van der Waals surface area (Å²) in [6, 6.07) is 3.19. The number of carboxylic acid groups (broad SMARTS) is 1. The van der Waals surface area contributed by atoms with Crippen LogP contribution in [0.5, 0.6) is 0 Å². The molecule has 0 aromatic carbocycles. The molecule has 2 rings (SSSR count). The normalized spacial score (nSPS) is 19.4. The third kappa shape index (κ3) is 3.64. The summed E-state index contributed by atoms with van der Waals surface area (Å²) in [5, 5.41) is 16.5. The minimum atomic E-state index is -1.05. The summed E-state index contributed by atoms with van der Waals surface area (Å²) in [7, 11) is 0. The molecule has 1 aromatic heterocycles. The lowest BCUT2D eigenvalue weighted by Crippen LogP contribution is -2.40. The average molecular weight is 265 g/mol. The van der Waals surface area contributed by atoms with E-state index in [1.165, 1.54) is 6.07 Å². The Labute approximate surface area is 112 Å². The SMILES string of the molecule is CCCOC1CCCN(c2ccc(C(=O)O)nn2)C1. The molecule has 2 heterocycles. The van der Waals surface area contributed by atoms with Crippen molar-refractivity contribution < 1.29 is 14.6 Å². The lowest BCUT2D eigenvalue weighted by Gasteiger charge is -2.33. The van der Waals surface area contributed by atoms with Gasteiger partial charge in [0.15, 0.2) is 11.5 Å². The van der Waals surface area contributed by atoms with Crippen LogP contribution in [0.4, 0.5) is 5.82 Å². The standard InChI is InChI=1S/C13H19N3O3/c1-2-8-19-10-4-3-7-16(9-10)12-6-5-11(13(17)18)14-15-12/h5-6,10H,2-4,7-9H2,1H3,(H,17,18). The molecule has 0 aliphatic carbocycles. The number of piperidine rings is 1. The van der Waals surface area contributed by atoms with Crippen LogP contribution < -0.4 is 4.90 Å². The zero-order chi connectivity index (χ0) is 13.7. The summed E-state index contributed by atoms with van der Waals surface area (Å²) in [4.78, 5) is 12.8. The molecule has 0 spiro atoms. The van der Waals surface area contributed by atoms with Gasteiger partial charge in [-0.2, -0.15) is 0 Å². The van der Waals surface area contributed by atoms with Gasteiger partial charge in [0.05, 0.1) is 6.10 Å². The van der Waals surface area contributed by atoms with Crippen molar-refractivity contribution in [2.45, 2.75) is 32.3 Å². The van der Waals surface area contributed by atoms with Gasteiger partial charge in [0.25, 0.3) is 0 Å². The van der Waals surface area contributed by atoms with Crippen molar-refractivity contribution in [1.82, 2.24) is 10.2 Å². The zero-order valence-electron chi connectivity index (χ0n) is 11.1. The van der Waals surface area contributed by atoms with Gasteiger partial charge < -0.3 is 14.7 Å². The highest BCUT2D eigenvalue weighted by atomic mass is 16.5. The Hall–Kier alpha value is -1.69. The number of ether oxygens (including phenoxy) is 1. The molecule has 1 N–H and O–H groups in total. The van der Waals surface area contributed by atoms with Gasteiger partial charge in [0.2, 0.25) is 0 Å². The summed E-state index contributed by atoms with van der Waals surface area (Å²) in [6.07, 6.45) is 3.37. The van der Waals surface area contributed by atoms with E-state index in [-0.39, 0.29) is 11.8 Å². The van der Waals surface area contributed by atoms with Gasteiger partial charge in [-0.25, -0.2) is 4.79 Å². The van der Waals surface area contributed by atoms with Gasteiger partial charge >= 0.3 is 5.97 Å². The first kappa shape index (κ1) is 13.7. The highest BCUT2D eigenvalue weighted by Gasteiger charge is 2.21. The van der Waals surface area contributed by atoms with E-state index in [1.54, 1.807) is 6.07 Å². The third-order valence-corrected chi connectivity index (χ3v) is 3.13. The smallest absolute Gasteiger partial charge is 0.356 e. The second-order valence-corrected chi connectivity index (χ2v) is 4.66. The number of nitrogens with zero attached hydrogens (tertiary/aromatic N) is 3. The second-order valence-electron chi connectivity index (χ2n) is 4.66. The van der Waals surface area contributed by atoms with E-state index in [1.807, 2.05) is 0 Å². The minimum Gasteiger partial charge on any atom is -0.476 e. The Kier molecular flexibility index (Phi) is 4.68. The lowest BCUT2D eigenvalue weighted by molar-refractivity contribution is 0.0438. The minimum absolute atomic E-state index is 0.0282. The number of carboxylic acids is 1. The first-order valence-electron chi connectivity index (χ1n) is 6.64. The monoisotopic (exact) mass is 265 g/mol. The largest absolute Gasteiger partial charge is 0.476 e. The van der Waals surface area contributed by atoms with E-state index in [9.17, 15) is 4.79 Å². The predicted molar refractivity (Wildman–Crippen MR) is 70.5 cm³/mol. The van der Waals surface area contributed by atoms with E-state index >= 15 is 0 Å². The molecule has 1 atom stereocenters. The quantitative estimate of drug-likeness (QED) is 0.871. The van der Waals surface area contributed by atoms with Crippen LogP contribution >= 0.6 is 0 Å². The van der Waals surface area contributed by atoms with Crippen molar-refractivity contribution in [3.8, 4) is 0 Å². The molecular formula is C13H19N3O3. The molecule has 0 saturated carbocycles. The van der Waals surface area contributed by atoms with Crippen molar-refractivity contribution in [2.24, 2.45) is 0 Å². The van der Waals surface area contributed by atoms with Crippen LogP contribution in [0.1, 0.15) is 36.7 Å². The summed E-state index contributed by atoms with van der Waals surface area (Å²) in [5.41, 5.74) is -0.0282. The predicted octanol–water partition coefficient (Wildman–Crippen LogP) is 1.57. The molecule has 0 bridgehead atoms. The Balaban J connectivity index is 1.98. The fourth-order valence-electron chi connectivity index (χ4n) is 2.17.